The minimum Gasteiger partial charge on any atom is -0.397 e. The monoisotopic (exact) mass is 344 g/mol. The average Bonchev–Trinajstić information content (AvgIpc) is 2.29. The molecule has 2 aromatic rings. The summed E-state index contributed by atoms with van der Waals surface area (Å²) in [5, 5.41) is 4.45. The molecule has 0 heterocycles. The highest BCUT2D eigenvalue weighted by Crippen LogP contribution is 2.33. The van der Waals surface area contributed by atoms with Crippen molar-refractivity contribution in [1.29, 1.82) is 0 Å². The molecule has 0 spiro atoms. The Morgan fingerprint density at radius 1 is 1.06 bits per heavy atom. The van der Waals surface area contributed by atoms with Crippen molar-refractivity contribution >= 4 is 56.2 Å². The molecular weight excluding hydrogens is 335 g/mol. The van der Waals surface area contributed by atoms with E-state index < -0.39 is 0 Å². The third kappa shape index (κ3) is 2.91. The molecule has 0 aliphatic rings. The van der Waals surface area contributed by atoms with E-state index in [1.807, 2.05) is 31.2 Å². The third-order valence-electron chi connectivity index (χ3n) is 2.53. The maximum atomic E-state index is 6.16. The van der Waals surface area contributed by atoms with E-state index in [0.29, 0.717) is 15.7 Å². The topological polar surface area (TPSA) is 38.0 Å². The highest BCUT2D eigenvalue weighted by Gasteiger charge is 2.07. The molecule has 0 radical (unpaired) electrons. The minimum atomic E-state index is 0.610. The number of hydrogen-bond donors (Lipinski definition) is 2. The van der Waals surface area contributed by atoms with Gasteiger partial charge in [-0.3, -0.25) is 0 Å². The molecule has 5 heteroatoms. The number of nitrogen functional groups attached to an aromatic ring is 1. The molecule has 94 valence electrons. The van der Waals surface area contributed by atoms with Crippen molar-refractivity contribution in [2.75, 3.05) is 11.1 Å². The lowest BCUT2D eigenvalue weighted by Gasteiger charge is -2.12. The van der Waals surface area contributed by atoms with Crippen molar-refractivity contribution in [3.8, 4) is 0 Å². The molecule has 2 aromatic carbocycles. The fourth-order valence-corrected chi connectivity index (χ4v) is 2.34. The lowest BCUT2D eigenvalue weighted by atomic mass is 10.2. The number of anilines is 3. The van der Waals surface area contributed by atoms with E-state index >= 15 is 0 Å². The Morgan fingerprint density at radius 2 is 1.78 bits per heavy atom. The number of aryl methyl sites for hydroxylation is 1. The van der Waals surface area contributed by atoms with E-state index in [4.69, 9.17) is 28.9 Å². The number of hydrogen-bond acceptors (Lipinski definition) is 2. The van der Waals surface area contributed by atoms with Crippen molar-refractivity contribution in [3.63, 3.8) is 0 Å². The standard InChI is InChI=1S/C13H11BrCl2N2/c1-7-4-10(16)13(6-9(7)15)18-12-3-2-8(14)5-11(12)17/h2-6,18H,17H2,1H3. The van der Waals surface area contributed by atoms with E-state index in [0.717, 1.165) is 21.4 Å². The number of halogens is 3. The van der Waals surface area contributed by atoms with Crippen molar-refractivity contribution < 1.29 is 0 Å². The van der Waals surface area contributed by atoms with Crippen molar-refractivity contribution in [2.24, 2.45) is 0 Å². The maximum Gasteiger partial charge on any atom is 0.0644 e. The van der Waals surface area contributed by atoms with Crippen LogP contribution in [0.1, 0.15) is 5.56 Å². The molecule has 0 aliphatic heterocycles. The van der Waals surface area contributed by atoms with Crippen molar-refractivity contribution in [3.05, 3.63) is 50.4 Å². The van der Waals surface area contributed by atoms with Gasteiger partial charge in [0.05, 0.1) is 22.1 Å². The smallest absolute Gasteiger partial charge is 0.0644 e. The predicted molar refractivity (Wildman–Crippen MR) is 83.0 cm³/mol. The average molecular weight is 346 g/mol. The Labute approximate surface area is 124 Å². The third-order valence-corrected chi connectivity index (χ3v) is 3.74. The number of nitrogens with two attached hydrogens (primary N) is 1. The zero-order valence-electron chi connectivity index (χ0n) is 9.60. The summed E-state index contributed by atoms with van der Waals surface area (Å²) in [7, 11) is 0. The van der Waals surface area contributed by atoms with E-state index in [2.05, 4.69) is 21.2 Å². The van der Waals surface area contributed by atoms with E-state index in [1.165, 1.54) is 0 Å². The molecule has 0 fully saturated rings. The first-order valence-corrected chi connectivity index (χ1v) is 6.80. The van der Waals surface area contributed by atoms with Gasteiger partial charge in [-0.2, -0.15) is 0 Å². The number of nitrogens with one attached hydrogen (secondary N) is 1. The van der Waals surface area contributed by atoms with Crippen LogP contribution in [-0.2, 0) is 0 Å². The van der Waals surface area contributed by atoms with Crippen LogP contribution in [0.25, 0.3) is 0 Å². The van der Waals surface area contributed by atoms with Crippen LogP contribution in [0.2, 0.25) is 10.0 Å². The van der Waals surface area contributed by atoms with Gasteiger partial charge < -0.3 is 11.1 Å². The van der Waals surface area contributed by atoms with Gasteiger partial charge in [0.2, 0.25) is 0 Å². The van der Waals surface area contributed by atoms with Gasteiger partial charge in [-0.1, -0.05) is 39.1 Å². The zero-order valence-corrected chi connectivity index (χ0v) is 12.7. The van der Waals surface area contributed by atoms with E-state index in [9.17, 15) is 0 Å². The van der Waals surface area contributed by atoms with Gasteiger partial charge in [0.25, 0.3) is 0 Å². The van der Waals surface area contributed by atoms with Crippen LogP contribution in [0, 0.1) is 6.92 Å². The lowest BCUT2D eigenvalue weighted by Crippen LogP contribution is -1.97. The first-order valence-electron chi connectivity index (χ1n) is 5.25. The largest absolute Gasteiger partial charge is 0.397 e. The van der Waals surface area contributed by atoms with Gasteiger partial charge >= 0.3 is 0 Å². The minimum absolute atomic E-state index is 0.610. The van der Waals surface area contributed by atoms with Crippen LogP contribution >= 0.6 is 39.1 Å². The molecule has 0 saturated carbocycles. The van der Waals surface area contributed by atoms with Crippen LogP contribution in [0.5, 0.6) is 0 Å². The Kier molecular flexibility index (Phi) is 4.05. The first kappa shape index (κ1) is 13.5. The van der Waals surface area contributed by atoms with Gasteiger partial charge in [0.15, 0.2) is 0 Å². The molecule has 0 aliphatic carbocycles. The second-order valence-corrected chi connectivity index (χ2v) is 5.67. The van der Waals surface area contributed by atoms with Crippen LogP contribution in [0.4, 0.5) is 17.1 Å². The Morgan fingerprint density at radius 3 is 2.44 bits per heavy atom. The lowest BCUT2D eigenvalue weighted by molar-refractivity contribution is 1.45. The predicted octanol–water partition coefficient (Wildman–Crippen LogP) is 5.39. The SMILES string of the molecule is Cc1cc(Cl)c(Nc2ccc(Br)cc2N)cc1Cl. The summed E-state index contributed by atoms with van der Waals surface area (Å²) in [6, 6.07) is 9.22. The zero-order chi connectivity index (χ0) is 13.3. The summed E-state index contributed by atoms with van der Waals surface area (Å²) >= 11 is 15.6. The summed E-state index contributed by atoms with van der Waals surface area (Å²) in [5.74, 6) is 0. The highest BCUT2D eigenvalue weighted by molar-refractivity contribution is 9.10. The molecule has 2 nitrogen and oxygen atoms in total. The van der Waals surface area contributed by atoms with E-state index in [-0.39, 0.29) is 0 Å². The van der Waals surface area contributed by atoms with Gasteiger partial charge in [0.1, 0.15) is 0 Å². The van der Waals surface area contributed by atoms with Crippen LogP contribution in [-0.4, -0.2) is 0 Å². The molecule has 18 heavy (non-hydrogen) atoms. The summed E-state index contributed by atoms with van der Waals surface area (Å²) in [4.78, 5) is 0. The molecule has 0 saturated heterocycles. The van der Waals surface area contributed by atoms with Crippen LogP contribution in [0.3, 0.4) is 0 Å². The Bertz CT molecular complexity index is 600. The molecule has 3 N–H and O–H groups in total. The summed E-state index contributed by atoms with van der Waals surface area (Å²) < 4.78 is 0.929. The first-order chi connectivity index (χ1) is 8.47. The van der Waals surface area contributed by atoms with Gasteiger partial charge in [-0.15, -0.1) is 0 Å². The van der Waals surface area contributed by atoms with Crippen LogP contribution < -0.4 is 11.1 Å². The summed E-state index contributed by atoms with van der Waals surface area (Å²) in [5.41, 5.74) is 9.02. The fourth-order valence-electron chi connectivity index (χ4n) is 1.53. The summed E-state index contributed by atoms with van der Waals surface area (Å²) in [6.07, 6.45) is 0. The van der Waals surface area contributed by atoms with E-state index in [1.54, 1.807) is 6.07 Å². The normalized spacial score (nSPS) is 10.4. The molecule has 2 rings (SSSR count). The van der Waals surface area contributed by atoms with Crippen LogP contribution in [0.15, 0.2) is 34.8 Å². The molecule has 0 unspecified atom stereocenters. The quantitative estimate of drug-likeness (QED) is 0.716. The molecule has 0 bridgehead atoms. The molecular formula is C13H11BrCl2N2. The second kappa shape index (κ2) is 5.39. The number of benzene rings is 2. The maximum absolute atomic E-state index is 6.16. The highest BCUT2D eigenvalue weighted by atomic mass is 79.9. The van der Waals surface area contributed by atoms with Gasteiger partial charge in [-0.25, -0.2) is 0 Å². The Hall–Kier alpha value is -0.900. The summed E-state index contributed by atoms with van der Waals surface area (Å²) in [6.45, 7) is 1.91. The molecule has 0 aromatic heterocycles. The van der Waals surface area contributed by atoms with Gasteiger partial charge in [0, 0.05) is 9.50 Å². The second-order valence-electron chi connectivity index (χ2n) is 3.94. The van der Waals surface area contributed by atoms with Crippen molar-refractivity contribution in [2.45, 2.75) is 6.92 Å². The fraction of sp³-hybridized carbons (Fsp3) is 0.0769. The number of rotatable bonds is 2. The van der Waals surface area contributed by atoms with Crippen molar-refractivity contribution in [1.82, 2.24) is 0 Å². The van der Waals surface area contributed by atoms with Gasteiger partial charge in [-0.05, 0) is 42.8 Å². The molecule has 0 amide bonds. The molecule has 0 atom stereocenters. The Balaban J connectivity index is 2.37.